The fraction of sp³-hybridized carbons (Fsp3) is 0.424. The van der Waals surface area contributed by atoms with Crippen LogP contribution >= 0.6 is 31.9 Å². The van der Waals surface area contributed by atoms with Crippen molar-refractivity contribution in [3.05, 3.63) is 79.0 Å². The Kier molecular flexibility index (Phi) is 8.57. The van der Waals surface area contributed by atoms with Crippen LogP contribution < -0.4 is 4.18 Å². The predicted octanol–water partition coefficient (Wildman–Crippen LogP) is 7.45. The van der Waals surface area contributed by atoms with Gasteiger partial charge in [-0.1, -0.05) is 45.4 Å². The molecule has 0 saturated heterocycles. The fourth-order valence-electron chi connectivity index (χ4n) is 6.55. The van der Waals surface area contributed by atoms with Crippen LogP contribution in [0, 0.1) is 17.8 Å². The molecule has 0 spiro atoms. The van der Waals surface area contributed by atoms with Crippen molar-refractivity contribution in [1.29, 1.82) is 0 Å². The normalized spacial score (nSPS) is 20.0. The Bertz CT molecular complexity index is 1680. The number of carboxylic acid groups (broad SMARTS) is 1. The minimum absolute atomic E-state index is 0.00939. The molecule has 234 valence electrons. The van der Waals surface area contributed by atoms with Gasteiger partial charge in [-0.05, 0) is 92.3 Å². The van der Waals surface area contributed by atoms with Crippen LogP contribution in [0.15, 0.2) is 72.8 Å². The summed E-state index contributed by atoms with van der Waals surface area (Å²) in [6, 6.07) is 9.75. The molecule has 0 amide bonds. The van der Waals surface area contributed by atoms with Crippen molar-refractivity contribution < 1.29 is 32.1 Å². The van der Waals surface area contributed by atoms with Crippen molar-refractivity contribution in [2.75, 3.05) is 6.54 Å². The average Bonchev–Trinajstić information content (AvgIpc) is 2.88. The van der Waals surface area contributed by atoms with E-state index in [-0.39, 0.29) is 58.8 Å². The number of allylic oxidation sites excluding steroid dienone is 4. The Morgan fingerprint density at radius 2 is 1.39 bits per heavy atom. The number of benzene rings is 2. The molecule has 1 aliphatic heterocycles. The third-order valence-corrected chi connectivity index (χ3v) is 10.8. The Morgan fingerprint density at radius 1 is 0.909 bits per heavy atom. The molecule has 0 unspecified atom stereocenters. The molecule has 2 aromatic carbocycles. The summed E-state index contributed by atoms with van der Waals surface area (Å²) in [4.78, 5) is 41.6. The second kappa shape index (κ2) is 11.6. The van der Waals surface area contributed by atoms with Crippen LogP contribution in [0.3, 0.4) is 0 Å². The lowest BCUT2D eigenvalue weighted by Crippen LogP contribution is -2.45. The van der Waals surface area contributed by atoms with E-state index in [2.05, 4.69) is 31.9 Å². The maximum absolute atomic E-state index is 14.0. The summed E-state index contributed by atoms with van der Waals surface area (Å²) in [5, 5.41) is 9.57. The topological polar surface area (TPSA) is 118 Å². The zero-order valence-electron chi connectivity index (χ0n) is 25.3. The zero-order valence-corrected chi connectivity index (χ0v) is 29.3. The van der Waals surface area contributed by atoms with Crippen LogP contribution in [0.2, 0.25) is 0 Å². The first-order valence-corrected chi connectivity index (χ1v) is 17.4. The molecule has 1 heterocycles. The van der Waals surface area contributed by atoms with Gasteiger partial charge in [0.1, 0.15) is 4.90 Å². The SMILES string of the molecule is Cc1ccc(S(=O)(=O)Oc2c(Br)cc(C3C4=C(CC(C)(C)CC4=O)N(CCC(=O)O)C4=C3C(=O)CC(C)(C)C4)cc2Br)cc1. The molecule has 44 heavy (non-hydrogen) atoms. The van der Waals surface area contributed by atoms with Crippen LogP contribution in [-0.4, -0.2) is 42.5 Å². The van der Waals surface area contributed by atoms with Gasteiger partial charge in [-0.2, -0.15) is 8.42 Å². The molecule has 0 saturated carbocycles. The molecule has 0 fully saturated rings. The molecule has 2 aliphatic carbocycles. The minimum Gasteiger partial charge on any atom is -0.481 e. The van der Waals surface area contributed by atoms with Gasteiger partial charge in [0.2, 0.25) is 0 Å². The Morgan fingerprint density at radius 3 is 1.84 bits per heavy atom. The number of Topliss-reactive ketones (excluding diaryl/α,β-unsaturated/α-hetero) is 2. The Hall–Kier alpha value is -2.76. The number of carbonyl (C=O) groups is 3. The van der Waals surface area contributed by atoms with E-state index in [0.29, 0.717) is 38.5 Å². The van der Waals surface area contributed by atoms with Gasteiger partial charge < -0.3 is 14.2 Å². The predicted molar refractivity (Wildman–Crippen MR) is 173 cm³/mol. The molecule has 11 heteroatoms. The summed E-state index contributed by atoms with van der Waals surface area (Å²) >= 11 is 7.00. The second-order valence-corrected chi connectivity index (χ2v) is 16.8. The van der Waals surface area contributed by atoms with Crippen molar-refractivity contribution in [2.45, 2.75) is 77.5 Å². The highest BCUT2D eigenvalue weighted by atomic mass is 79.9. The molecular weight excluding hydrogens is 714 g/mol. The summed E-state index contributed by atoms with van der Waals surface area (Å²) in [5.41, 5.74) is 3.36. The van der Waals surface area contributed by atoms with E-state index in [4.69, 9.17) is 4.18 Å². The highest BCUT2D eigenvalue weighted by molar-refractivity contribution is 9.11. The van der Waals surface area contributed by atoms with E-state index in [1.807, 2.05) is 39.5 Å². The van der Waals surface area contributed by atoms with E-state index in [9.17, 15) is 27.9 Å². The van der Waals surface area contributed by atoms with Crippen molar-refractivity contribution in [3.63, 3.8) is 0 Å². The molecular formula is C33H35Br2NO7S. The molecule has 2 aromatic rings. The number of nitrogens with zero attached hydrogens (tertiary/aromatic N) is 1. The van der Waals surface area contributed by atoms with Crippen LogP contribution in [-0.2, 0) is 24.5 Å². The molecule has 3 aliphatic rings. The summed E-state index contributed by atoms with van der Waals surface area (Å²) < 4.78 is 32.5. The number of hydrogen-bond acceptors (Lipinski definition) is 7. The number of carbonyl (C=O) groups excluding carboxylic acids is 2. The largest absolute Gasteiger partial charge is 0.481 e. The summed E-state index contributed by atoms with van der Waals surface area (Å²) in [6.45, 7) is 10.1. The van der Waals surface area contributed by atoms with E-state index in [1.165, 1.54) is 12.1 Å². The highest BCUT2D eigenvalue weighted by Gasteiger charge is 2.49. The lowest BCUT2D eigenvalue weighted by Gasteiger charge is -2.49. The van der Waals surface area contributed by atoms with Crippen molar-refractivity contribution in [2.24, 2.45) is 10.8 Å². The van der Waals surface area contributed by atoms with Gasteiger partial charge in [0.25, 0.3) is 0 Å². The second-order valence-electron chi connectivity index (χ2n) is 13.5. The number of hydrogen-bond donors (Lipinski definition) is 1. The Labute approximate surface area is 274 Å². The van der Waals surface area contributed by atoms with E-state index >= 15 is 0 Å². The maximum atomic E-state index is 14.0. The van der Waals surface area contributed by atoms with E-state index < -0.39 is 22.0 Å². The summed E-state index contributed by atoms with van der Waals surface area (Å²) in [7, 11) is -4.16. The van der Waals surface area contributed by atoms with Crippen LogP contribution in [0.5, 0.6) is 5.75 Å². The van der Waals surface area contributed by atoms with E-state index in [1.54, 1.807) is 24.3 Å². The number of aliphatic carboxylic acids is 1. The standard InChI is InChI=1S/C33H35Br2NO7S/c1-18-6-8-20(9-7-18)44(41,42)43-31-21(34)12-19(13-22(31)35)28-29-23(14-32(2,3)16-25(29)37)36(11-10-27(39)40)24-15-33(4,5)17-26(38)30(24)28/h6-9,12-13,28H,10-11,14-17H2,1-5H3,(H,39,40). The van der Waals surface area contributed by atoms with Gasteiger partial charge in [0, 0.05) is 47.8 Å². The van der Waals surface area contributed by atoms with Crippen LogP contribution in [0.1, 0.15) is 76.8 Å². The average molecular weight is 750 g/mol. The third kappa shape index (κ3) is 6.33. The maximum Gasteiger partial charge on any atom is 0.339 e. The minimum atomic E-state index is -4.16. The molecule has 1 N–H and O–H groups in total. The van der Waals surface area contributed by atoms with Crippen LogP contribution in [0.25, 0.3) is 0 Å². The first-order chi connectivity index (χ1) is 20.4. The third-order valence-electron chi connectivity index (χ3n) is 8.43. The van der Waals surface area contributed by atoms with E-state index in [0.717, 1.165) is 17.0 Å². The van der Waals surface area contributed by atoms with Crippen molar-refractivity contribution in [1.82, 2.24) is 4.90 Å². The number of halogens is 2. The molecule has 8 nitrogen and oxygen atoms in total. The smallest absolute Gasteiger partial charge is 0.339 e. The fourth-order valence-corrected chi connectivity index (χ4v) is 9.11. The quantitative estimate of drug-likeness (QED) is 0.290. The number of carboxylic acids is 1. The van der Waals surface area contributed by atoms with Gasteiger partial charge in [-0.3, -0.25) is 14.4 Å². The van der Waals surface area contributed by atoms with Gasteiger partial charge in [-0.25, -0.2) is 0 Å². The number of ketones is 2. The number of aryl methyl sites for hydroxylation is 1. The summed E-state index contributed by atoms with van der Waals surface area (Å²) in [6.07, 6.45) is 1.54. The highest BCUT2D eigenvalue weighted by Crippen LogP contribution is 2.55. The lowest BCUT2D eigenvalue weighted by molar-refractivity contribution is -0.137. The van der Waals surface area contributed by atoms with Crippen molar-refractivity contribution in [3.8, 4) is 5.75 Å². The molecule has 0 aromatic heterocycles. The first kappa shape index (κ1) is 32.6. The lowest BCUT2D eigenvalue weighted by atomic mass is 9.63. The first-order valence-electron chi connectivity index (χ1n) is 14.4. The van der Waals surface area contributed by atoms with Crippen molar-refractivity contribution >= 4 is 59.5 Å². The van der Waals surface area contributed by atoms with Gasteiger partial charge >= 0.3 is 16.1 Å². The van der Waals surface area contributed by atoms with Crippen LogP contribution in [0.4, 0.5) is 0 Å². The summed E-state index contributed by atoms with van der Waals surface area (Å²) in [5.74, 6) is -1.77. The molecule has 0 bridgehead atoms. The monoisotopic (exact) mass is 747 g/mol. The molecule has 0 radical (unpaired) electrons. The number of rotatable bonds is 7. The Balaban J connectivity index is 1.67. The van der Waals surface area contributed by atoms with Gasteiger partial charge in [0.05, 0.1) is 15.4 Å². The molecule has 5 rings (SSSR count). The van der Waals surface area contributed by atoms with Gasteiger partial charge in [-0.15, -0.1) is 0 Å². The zero-order chi connectivity index (χ0) is 32.4. The molecule has 0 atom stereocenters. The van der Waals surface area contributed by atoms with Gasteiger partial charge in [0.15, 0.2) is 17.3 Å².